The molecule has 3 heterocycles. The highest BCUT2D eigenvalue weighted by atomic mass is 32.2. The molecule has 0 atom stereocenters. The van der Waals surface area contributed by atoms with Crippen molar-refractivity contribution in [1.82, 2.24) is 14.4 Å². The van der Waals surface area contributed by atoms with Gasteiger partial charge in [-0.1, -0.05) is 61.9 Å². The maximum absolute atomic E-state index is 13.5. The fourth-order valence-electron chi connectivity index (χ4n) is 4.35. The first-order chi connectivity index (χ1) is 15.4. The van der Waals surface area contributed by atoms with Gasteiger partial charge >= 0.3 is 0 Å². The maximum Gasteiger partial charge on any atom is 0.266 e. The zero-order chi connectivity index (χ0) is 22.8. The molecule has 8 heteroatoms. The summed E-state index contributed by atoms with van der Waals surface area (Å²) >= 11 is 6.80. The van der Waals surface area contributed by atoms with Crippen molar-refractivity contribution >= 4 is 56.9 Å². The number of para-hydroxylation sites is 1. The molecule has 0 N–H and O–H groups in total. The summed E-state index contributed by atoms with van der Waals surface area (Å²) in [7, 11) is 3.91. The van der Waals surface area contributed by atoms with Gasteiger partial charge in [0.25, 0.3) is 11.5 Å². The monoisotopic (exact) mass is 470 g/mol. The lowest BCUT2D eigenvalue weighted by molar-refractivity contribution is -0.122. The lowest BCUT2D eigenvalue weighted by atomic mass is 10.1. The van der Waals surface area contributed by atoms with E-state index in [-0.39, 0.29) is 11.5 Å². The minimum Gasteiger partial charge on any atom is -0.368 e. The second-order valence-electron chi connectivity index (χ2n) is 8.47. The highest BCUT2D eigenvalue weighted by Gasteiger charge is 2.32. The minimum atomic E-state index is -0.0890. The van der Waals surface area contributed by atoms with Crippen molar-refractivity contribution in [2.24, 2.45) is 7.05 Å². The average molecular weight is 471 g/mol. The predicted octanol–water partition coefficient (Wildman–Crippen LogP) is 3.68. The largest absolute Gasteiger partial charge is 0.368 e. The molecule has 4 rings (SSSR count). The summed E-state index contributed by atoms with van der Waals surface area (Å²) in [6.07, 6.45) is 4.86. The zero-order valence-electron chi connectivity index (χ0n) is 19.0. The van der Waals surface area contributed by atoms with Crippen LogP contribution in [0.4, 0.5) is 5.69 Å². The van der Waals surface area contributed by atoms with E-state index in [2.05, 4.69) is 29.8 Å². The quantitative estimate of drug-likeness (QED) is 0.365. The molecule has 2 fully saturated rings. The first-order valence-electron chi connectivity index (χ1n) is 11.2. The number of amides is 1. The Morgan fingerprint density at radius 2 is 1.78 bits per heavy atom. The Labute approximate surface area is 198 Å². The molecule has 1 aromatic carbocycles. The first kappa shape index (κ1) is 23.0. The van der Waals surface area contributed by atoms with Crippen molar-refractivity contribution < 1.29 is 4.79 Å². The Balaban J connectivity index is 1.81. The normalized spacial score (nSPS) is 19.0. The van der Waals surface area contributed by atoms with Crippen LogP contribution < -0.4 is 10.5 Å². The van der Waals surface area contributed by atoms with Gasteiger partial charge in [0.2, 0.25) is 0 Å². The first-order valence-corrected chi connectivity index (χ1v) is 12.5. The number of benzene rings is 1. The van der Waals surface area contributed by atoms with E-state index >= 15 is 0 Å². The number of hydrogen-bond donors (Lipinski definition) is 0. The van der Waals surface area contributed by atoms with Crippen LogP contribution in [-0.4, -0.2) is 64.4 Å². The maximum atomic E-state index is 13.5. The van der Waals surface area contributed by atoms with Gasteiger partial charge in [-0.25, -0.2) is 0 Å². The SMILES string of the molecule is CCCCCN1C(=O)C(=Cc2c(N3CCN(C)CC3)c3ccccc3n(C)c2=O)SC1=S. The number of thiocarbonyl (C=S) groups is 1. The van der Waals surface area contributed by atoms with Gasteiger partial charge in [0.15, 0.2) is 0 Å². The number of rotatable bonds is 6. The van der Waals surface area contributed by atoms with Crippen molar-refractivity contribution in [2.75, 3.05) is 44.7 Å². The molecular weight excluding hydrogens is 440 g/mol. The van der Waals surface area contributed by atoms with Crippen molar-refractivity contribution in [3.05, 3.63) is 45.1 Å². The molecule has 170 valence electrons. The number of thioether (sulfide) groups is 1. The lowest BCUT2D eigenvalue weighted by Crippen LogP contribution is -2.45. The van der Waals surface area contributed by atoms with E-state index < -0.39 is 0 Å². The van der Waals surface area contributed by atoms with E-state index in [1.54, 1.807) is 22.6 Å². The predicted molar refractivity (Wildman–Crippen MR) is 138 cm³/mol. The average Bonchev–Trinajstić information content (AvgIpc) is 3.06. The van der Waals surface area contributed by atoms with Gasteiger partial charge < -0.3 is 14.4 Å². The molecule has 32 heavy (non-hydrogen) atoms. The second kappa shape index (κ2) is 9.77. The molecule has 0 spiro atoms. The number of carbonyl (C=O) groups excluding carboxylic acids is 1. The Hall–Kier alpha value is -2.16. The lowest BCUT2D eigenvalue weighted by Gasteiger charge is -2.35. The smallest absolute Gasteiger partial charge is 0.266 e. The summed E-state index contributed by atoms with van der Waals surface area (Å²) in [5, 5.41) is 1.03. The van der Waals surface area contributed by atoms with Crippen molar-refractivity contribution in [3.8, 4) is 0 Å². The fraction of sp³-hybridized carbons (Fsp3) is 0.458. The van der Waals surface area contributed by atoms with Gasteiger partial charge in [-0.3, -0.25) is 14.5 Å². The van der Waals surface area contributed by atoms with Crippen LogP contribution in [0.2, 0.25) is 0 Å². The highest BCUT2D eigenvalue weighted by molar-refractivity contribution is 8.26. The van der Waals surface area contributed by atoms with Crippen molar-refractivity contribution in [1.29, 1.82) is 0 Å². The number of hydrogen-bond acceptors (Lipinski definition) is 6. The van der Waals surface area contributed by atoms with Gasteiger partial charge in [0, 0.05) is 45.2 Å². The zero-order valence-corrected chi connectivity index (χ0v) is 20.6. The number of unbranched alkanes of at least 4 members (excludes halogenated alkanes) is 2. The van der Waals surface area contributed by atoms with Crippen molar-refractivity contribution in [3.63, 3.8) is 0 Å². The van der Waals surface area contributed by atoms with E-state index in [4.69, 9.17) is 12.2 Å². The number of fused-ring (bicyclic) bond motifs is 1. The molecular formula is C24H30N4O2S2. The van der Waals surface area contributed by atoms with Crippen LogP contribution >= 0.6 is 24.0 Å². The van der Waals surface area contributed by atoms with Crippen LogP contribution in [0.1, 0.15) is 31.7 Å². The molecule has 2 aromatic rings. The van der Waals surface area contributed by atoms with Crippen molar-refractivity contribution in [2.45, 2.75) is 26.2 Å². The Bertz CT molecular complexity index is 1130. The third kappa shape index (κ3) is 4.36. The number of anilines is 1. The summed E-state index contributed by atoms with van der Waals surface area (Å²) in [6.45, 7) is 6.32. The third-order valence-corrected chi connectivity index (χ3v) is 7.64. The third-order valence-electron chi connectivity index (χ3n) is 6.26. The Kier molecular flexibility index (Phi) is 7.02. The summed E-state index contributed by atoms with van der Waals surface area (Å²) < 4.78 is 2.26. The topological polar surface area (TPSA) is 48.8 Å². The van der Waals surface area contributed by atoms with Gasteiger partial charge in [-0.2, -0.15) is 0 Å². The molecule has 1 amide bonds. The summed E-state index contributed by atoms with van der Waals surface area (Å²) in [5.74, 6) is -0.0874. The van der Waals surface area contributed by atoms with Crippen LogP contribution in [0.25, 0.3) is 17.0 Å². The van der Waals surface area contributed by atoms with Crippen LogP contribution in [0.15, 0.2) is 34.0 Å². The number of piperazine rings is 1. The molecule has 0 saturated carbocycles. The van der Waals surface area contributed by atoms with Gasteiger partial charge in [0.1, 0.15) is 4.32 Å². The molecule has 0 bridgehead atoms. The number of nitrogens with zero attached hydrogens (tertiary/aromatic N) is 4. The van der Waals surface area contributed by atoms with E-state index in [9.17, 15) is 9.59 Å². The van der Waals surface area contributed by atoms with Crippen LogP contribution in [0.3, 0.4) is 0 Å². The molecule has 0 unspecified atom stereocenters. The molecule has 2 aliphatic heterocycles. The molecule has 2 saturated heterocycles. The summed E-state index contributed by atoms with van der Waals surface area (Å²) in [4.78, 5) is 33.4. The molecule has 0 aliphatic carbocycles. The minimum absolute atomic E-state index is 0.0874. The second-order valence-corrected chi connectivity index (χ2v) is 10.2. The number of likely N-dealkylation sites (N-methyl/N-ethyl adjacent to an activating group) is 1. The van der Waals surface area contributed by atoms with Crippen LogP contribution in [-0.2, 0) is 11.8 Å². The van der Waals surface area contributed by atoms with Crippen LogP contribution in [0.5, 0.6) is 0 Å². The molecule has 0 radical (unpaired) electrons. The van der Waals surface area contributed by atoms with Crippen LogP contribution in [0, 0.1) is 0 Å². The van der Waals surface area contributed by atoms with Gasteiger partial charge in [-0.05, 0) is 25.6 Å². The number of pyridine rings is 1. The molecule has 1 aromatic heterocycles. The Morgan fingerprint density at radius 3 is 2.50 bits per heavy atom. The van der Waals surface area contributed by atoms with Gasteiger partial charge in [-0.15, -0.1) is 0 Å². The number of carbonyl (C=O) groups is 1. The standard InChI is InChI=1S/C24H30N4O2S2/c1-4-5-8-11-28-23(30)20(32-24(28)31)16-18-21(27-14-12-25(2)13-15-27)17-9-6-7-10-19(17)26(3)22(18)29/h6-7,9-10,16H,4-5,8,11-15H2,1-3H3. The van der Waals surface area contributed by atoms with Gasteiger partial charge in [0.05, 0.1) is 21.7 Å². The van der Waals surface area contributed by atoms with E-state index in [1.165, 1.54) is 11.8 Å². The number of aryl methyl sites for hydroxylation is 1. The number of aromatic nitrogens is 1. The molecule has 6 nitrogen and oxygen atoms in total. The van der Waals surface area contributed by atoms with E-state index in [0.717, 1.165) is 62.0 Å². The Morgan fingerprint density at radius 1 is 1.06 bits per heavy atom. The highest BCUT2D eigenvalue weighted by Crippen LogP contribution is 2.36. The summed E-state index contributed by atoms with van der Waals surface area (Å²) in [5.41, 5.74) is 2.31. The summed E-state index contributed by atoms with van der Waals surface area (Å²) in [6, 6.07) is 8.00. The van der Waals surface area contributed by atoms with E-state index in [0.29, 0.717) is 21.3 Å². The molecule has 2 aliphatic rings. The fourth-order valence-corrected chi connectivity index (χ4v) is 5.64. The van der Waals surface area contributed by atoms with E-state index in [1.807, 2.05) is 18.2 Å².